The van der Waals surface area contributed by atoms with Crippen LogP contribution >= 0.6 is 0 Å². The number of nitrogens with one attached hydrogen (secondary N) is 2. The van der Waals surface area contributed by atoms with Crippen LogP contribution in [0.2, 0.25) is 0 Å². The zero-order chi connectivity index (χ0) is 15.3. The maximum absolute atomic E-state index is 12.9. The highest BCUT2D eigenvalue weighted by atomic mass is 19.4. The first-order valence-corrected chi connectivity index (χ1v) is 6.51. The van der Waals surface area contributed by atoms with Crippen molar-refractivity contribution in [2.45, 2.75) is 19.5 Å². The first-order chi connectivity index (χ1) is 9.99. The average molecular weight is 296 g/mol. The van der Waals surface area contributed by atoms with Crippen molar-refractivity contribution in [2.24, 2.45) is 0 Å². The Labute approximate surface area is 120 Å². The Kier molecular flexibility index (Phi) is 4.62. The van der Waals surface area contributed by atoms with Gasteiger partial charge in [0.1, 0.15) is 5.82 Å². The number of halogens is 3. The molecule has 0 saturated carbocycles. The fraction of sp³-hybridized carbons (Fsp3) is 0.286. The molecule has 0 fully saturated rings. The van der Waals surface area contributed by atoms with Crippen LogP contribution in [-0.2, 0) is 6.18 Å². The van der Waals surface area contributed by atoms with Crippen molar-refractivity contribution in [3.63, 3.8) is 0 Å². The smallest absolute Gasteiger partial charge is 0.354 e. The van der Waals surface area contributed by atoms with Crippen LogP contribution in [0.5, 0.6) is 0 Å². The number of anilines is 3. The maximum Gasteiger partial charge on any atom is 0.433 e. The molecule has 0 aliphatic carbocycles. The highest BCUT2D eigenvalue weighted by Crippen LogP contribution is 2.30. The van der Waals surface area contributed by atoms with Gasteiger partial charge >= 0.3 is 6.18 Å². The number of para-hydroxylation sites is 1. The highest BCUT2D eigenvalue weighted by molar-refractivity contribution is 5.57. The maximum atomic E-state index is 12.9. The molecule has 0 aliphatic rings. The van der Waals surface area contributed by atoms with E-state index in [9.17, 15) is 13.2 Å². The number of rotatable bonds is 5. The largest absolute Gasteiger partial charge is 0.433 e. The Morgan fingerprint density at radius 2 is 1.81 bits per heavy atom. The predicted octanol–water partition coefficient (Wildman–Crippen LogP) is 4.06. The lowest BCUT2D eigenvalue weighted by Crippen LogP contribution is -2.13. The second-order valence-corrected chi connectivity index (χ2v) is 4.38. The van der Waals surface area contributed by atoms with Crippen molar-refractivity contribution in [1.29, 1.82) is 0 Å². The summed E-state index contributed by atoms with van der Waals surface area (Å²) in [6, 6.07) is 9.77. The van der Waals surface area contributed by atoms with Gasteiger partial charge in [0.05, 0.1) is 0 Å². The molecule has 2 rings (SSSR count). The fourth-order valence-corrected chi connectivity index (χ4v) is 1.64. The van der Waals surface area contributed by atoms with E-state index >= 15 is 0 Å². The number of hydrogen-bond donors (Lipinski definition) is 2. The summed E-state index contributed by atoms with van der Waals surface area (Å²) in [4.78, 5) is 7.54. The quantitative estimate of drug-likeness (QED) is 0.873. The number of nitrogens with zero attached hydrogens (tertiary/aromatic N) is 2. The minimum atomic E-state index is -4.52. The van der Waals surface area contributed by atoms with E-state index in [0.717, 1.165) is 12.5 Å². The van der Waals surface area contributed by atoms with Crippen LogP contribution in [-0.4, -0.2) is 16.5 Å². The van der Waals surface area contributed by atoms with Gasteiger partial charge in [-0.15, -0.1) is 0 Å². The van der Waals surface area contributed by atoms with Gasteiger partial charge in [-0.1, -0.05) is 25.1 Å². The minimum absolute atomic E-state index is 0.0369. The lowest BCUT2D eigenvalue weighted by Gasteiger charge is -2.12. The molecule has 2 N–H and O–H groups in total. The van der Waals surface area contributed by atoms with Gasteiger partial charge in [-0.3, -0.25) is 0 Å². The monoisotopic (exact) mass is 296 g/mol. The van der Waals surface area contributed by atoms with Gasteiger partial charge in [-0.25, -0.2) is 4.98 Å². The number of benzene rings is 1. The second-order valence-electron chi connectivity index (χ2n) is 4.38. The van der Waals surface area contributed by atoms with Crippen LogP contribution in [0.4, 0.5) is 30.6 Å². The van der Waals surface area contributed by atoms with Crippen molar-refractivity contribution in [3.8, 4) is 0 Å². The summed E-state index contributed by atoms with van der Waals surface area (Å²) in [7, 11) is 0. The van der Waals surface area contributed by atoms with Crippen LogP contribution in [0.25, 0.3) is 0 Å². The van der Waals surface area contributed by atoms with E-state index in [1.54, 1.807) is 24.3 Å². The number of aromatic nitrogens is 2. The molecule has 1 heterocycles. The van der Waals surface area contributed by atoms with E-state index in [1.165, 1.54) is 0 Å². The van der Waals surface area contributed by atoms with Crippen LogP contribution < -0.4 is 10.6 Å². The molecule has 2 aromatic rings. The molecule has 0 spiro atoms. The van der Waals surface area contributed by atoms with Crippen molar-refractivity contribution < 1.29 is 13.2 Å². The van der Waals surface area contributed by atoms with Gasteiger partial charge in [0.15, 0.2) is 5.69 Å². The Hall–Kier alpha value is -2.31. The van der Waals surface area contributed by atoms with Crippen molar-refractivity contribution in [3.05, 3.63) is 42.1 Å². The molecule has 0 atom stereocenters. The van der Waals surface area contributed by atoms with Gasteiger partial charge in [-0.2, -0.15) is 18.2 Å². The van der Waals surface area contributed by atoms with E-state index in [2.05, 4.69) is 20.6 Å². The van der Waals surface area contributed by atoms with Crippen LogP contribution in [0.1, 0.15) is 19.0 Å². The molecule has 0 amide bonds. The molecule has 7 heteroatoms. The second kappa shape index (κ2) is 6.43. The van der Waals surface area contributed by atoms with Gasteiger partial charge in [-0.05, 0) is 18.6 Å². The topological polar surface area (TPSA) is 49.8 Å². The number of alkyl halides is 3. The molecular weight excluding hydrogens is 281 g/mol. The summed E-state index contributed by atoms with van der Waals surface area (Å²) in [5.74, 6) is 0.0623. The highest BCUT2D eigenvalue weighted by Gasteiger charge is 2.33. The summed E-state index contributed by atoms with van der Waals surface area (Å²) in [6.45, 7) is 2.41. The van der Waals surface area contributed by atoms with E-state index in [4.69, 9.17) is 0 Å². The molecular formula is C14H15F3N4. The summed E-state index contributed by atoms with van der Waals surface area (Å²) in [5, 5.41) is 5.61. The minimum Gasteiger partial charge on any atom is -0.354 e. The lowest BCUT2D eigenvalue weighted by molar-refractivity contribution is -0.141. The predicted molar refractivity (Wildman–Crippen MR) is 75.5 cm³/mol. The molecule has 4 nitrogen and oxygen atoms in total. The Bertz CT molecular complexity index is 585. The third kappa shape index (κ3) is 4.34. The third-order valence-corrected chi connectivity index (χ3v) is 2.60. The standard InChI is InChI=1S/C14H15F3N4/c1-2-8-18-13-20-11(14(15,16)17)9-12(21-13)19-10-6-4-3-5-7-10/h3-7,9H,2,8H2,1H3,(H2,18,19,20,21). The SMILES string of the molecule is CCCNc1nc(Nc2ccccc2)cc(C(F)(F)F)n1. The van der Waals surface area contributed by atoms with Gasteiger partial charge in [0, 0.05) is 18.3 Å². The van der Waals surface area contributed by atoms with Crippen molar-refractivity contribution in [1.82, 2.24) is 9.97 Å². The Morgan fingerprint density at radius 3 is 2.43 bits per heavy atom. The van der Waals surface area contributed by atoms with E-state index < -0.39 is 11.9 Å². The fourth-order valence-electron chi connectivity index (χ4n) is 1.64. The molecule has 1 aromatic carbocycles. The Morgan fingerprint density at radius 1 is 1.10 bits per heavy atom. The molecule has 0 radical (unpaired) electrons. The summed E-state index contributed by atoms with van der Waals surface area (Å²) < 4.78 is 38.6. The molecule has 0 unspecified atom stereocenters. The summed E-state index contributed by atoms with van der Waals surface area (Å²) >= 11 is 0. The van der Waals surface area contributed by atoms with Crippen LogP contribution in [0, 0.1) is 0 Å². The molecule has 0 aliphatic heterocycles. The van der Waals surface area contributed by atoms with Gasteiger partial charge < -0.3 is 10.6 Å². The third-order valence-electron chi connectivity index (χ3n) is 2.60. The van der Waals surface area contributed by atoms with Gasteiger partial charge in [0.25, 0.3) is 0 Å². The summed E-state index contributed by atoms with van der Waals surface area (Å²) in [6.07, 6.45) is -3.75. The first-order valence-electron chi connectivity index (χ1n) is 6.51. The molecule has 112 valence electrons. The van der Waals surface area contributed by atoms with Gasteiger partial charge in [0.2, 0.25) is 5.95 Å². The normalized spacial score (nSPS) is 11.2. The van der Waals surface area contributed by atoms with Crippen molar-refractivity contribution in [2.75, 3.05) is 17.2 Å². The lowest BCUT2D eigenvalue weighted by atomic mass is 10.3. The van der Waals surface area contributed by atoms with Crippen molar-refractivity contribution >= 4 is 17.5 Å². The zero-order valence-electron chi connectivity index (χ0n) is 11.4. The van der Waals surface area contributed by atoms with E-state index in [0.29, 0.717) is 12.2 Å². The Balaban J connectivity index is 2.30. The molecule has 21 heavy (non-hydrogen) atoms. The average Bonchev–Trinajstić information content (AvgIpc) is 2.45. The van der Waals surface area contributed by atoms with Crippen LogP contribution in [0.15, 0.2) is 36.4 Å². The van der Waals surface area contributed by atoms with E-state index in [-0.39, 0.29) is 11.8 Å². The molecule has 1 aromatic heterocycles. The zero-order valence-corrected chi connectivity index (χ0v) is 11.4. The van der Waals surface area contributed by atoms with Crippen LogP contribution in [0.3, 0.4) is 0 Å². The summed E-state index contributed by atoms with van der Waals surface area (Å²) in [5.41, 5.74) is -0.319. The molecule has 0 saturated heterocycles. The molecule has 0 bridgehead atoms. The first kappa shape index (κ1) is 15.1. The number of hydrogen-bond acceptors (Lipinski definition) is 4. The van der Waals surface area contributed by atoms with E-state index in [1.807, 2.05) is 13.0 Å².